The van der Waals surface area contributed by atoms with Gasteiger partial charge in [0.1, 0.15) is 0 Å². The number of hydrogen-bond acceptors (Lipinski definition) is 4. The number of nitro groups is 1. The second kappa shape index (κ2) is 7.03. The molecule has 1 N–H and O–H groups in total. The van der Waals surface area contributed by atoms with Crippen molar-refractivity contribution in [1.82, 2.24) is 10.2 Å². The molecule has 18 heavy (non-hydrogen) atoms. The molecular formula is C12H18FN3O2. The van der Waals surface area contributed by atoms with E-state index in [1.165, 1.54) is 12.1 Å². The number of nitro benzene ring substituents is 1. The smallest absolute Gasteiger partial charge is 0.305 e. The number of halogens is 1. The van der Waals surface area contributed by atoms with E-state index in [2.05, 4.69) is 5.32 Å². The number of rotatable bonds is 7. The number of nitrogens with zero attached hydrogens (tertiary/aromatic N) is 2. The highest BCUT2D eigenvalue weighted by atomic mass is 19.1. The van der Waals surface area contributed by atoms with Gasteiger partial charge in [0.25, 0.3) is 0 Å². The molecule has 0 heterocycles. The van der Waals surface area contributed by atoms with E-state index >= 15 is 0 Å². The van der Waals surface area contributed by atoms with E-state index in [4.69, 9.17) is 0 Å². The summed E-state index contributed by atoms with van der Waals surface area (Å²) in [5, 5.41) is 13.6. The highest BCUT2D eigenvalue weighted by Gasteiger charge is 2.17. The average Bonchev–Trinajstić information content (AvgIpc) is 2.32. The summed E-state index contributed by atoms with van der Waals surface area (Å²) < 4.78 is 13.8. The summed E-state index contributed by atoms with van der Waals surface area (Å²) in [5.74, 6) is -0.733. The van der Waals surface area contributed by atoms with E-state index in [1.807, 2.05) is 19.0 Å². The molecule has 1 aromatic rings. The van der Waals surface area contributed by atoms with Gasteiger partial charge in [-0.15, -0.1) is 0 Å². The third-order valence-electron chi connectivity index (χ3n) is 2.66. The molecule has 0 aliphatic rings. The normalized spacial score (nSPS) is 10.9. The van der Waals surface area contributed by atoms with Gasteiger partial charge < -0.3 is 10.2 Å². The van der Waals surface area contributed by atoms with Crippen molar-refractivity contribution >= 4 is 5.69 Å². The lowest BCUT2D eigenvalue weighted by Gasteiger charge is -2.16. The van der Waals surface area contributed by atoms with Crippen molar-refractivity contribution in [3.05, 3.63) is 39.7 Å². The maximum Gasteiger partial charge on any atom is 0.305 e. The summed E-state index contributed by atoms with van der Waals surface area (Å²) in [7, 11) is 3.74. The zero-order valence-electron chi connectivity index (χ0n) is 10.6. The molecule has 0 fully saturated rings. The molecule has 0 saturated carbocycles. The molecule has 0 unspecified atom stereocenters. The molecule has 0 atom stereocenters. The largest absolute Gasteiger partial charge is 0.320 e. The fourth-order valence-electron chi connectivity index (χ4n) is 1.72. The fraction of sp³-hybridized carbons (Fsp3) is 0.500. The Hall–Kier alpha value is -1.53. The topological polar surface area (TPSA) is 58.4 Å². The third kappa shape index (κ3) is 4.05. The summed E-state index contributed by atoms with van der Waals surface area (Å²) in [6, 6.07) is 4.27. The van der Waals surface area contributed by atoms with Crippen molar-refractivity contribution in [3.8, 4) is 0 Å². The van der Waals surface area contributed by atoms with Gasteiger partial charge in [-0.1, -0.05) is 12.1 Å². The van der Waals surface area contributed by atoms with E-state index in [-0.39, 0.29) is 0 Å². The Kier molecular flexibility index (Phi) is 5.67. The third-order valence-corrected chi connectivity index (χ3v) is 2.66. The Morgan fingerprint density at radius 1 is 1.50 bits per heavy atom. The molecule has 0 saturated heterocycles. The molecule has 5 nitrogen and oxygen atoms in total. The second-order valence-corrected chi connectivity index (χ2v) is 4.20. The van der Waals surface area contributed by atoms with Crippen molar-refractivity contribution in [2.24, 2.45) is 0 Å². The van der Waals surface area contributed by atoms with Gasteiger partial charge in [-0.05, 0) is 33.6 Å². The molecule has 1 aromatic carbocycles. The van der Waals surface area contributed by atoms with Crippen molar-refractivity contribution in [2.45, 2.75) is 13.0 Å². The predicted octanol–water partition coefficient (Wildman–Crippen LogP) is 1.78. The first-order chi connectivity index (χ1) is 8.56. The molecule has 0 amide bonds. The molecule has 0 bridgehead atoms. The monoisotopic (exact) mass is 255 g/mol. The fourth-order valence-corrected chi connectivity index (χ4v) is 1.72. The van der Waals surface area contributed by atoms with Gasteiger partial charge in [0.2, 0.25) is 5.82 Å². The summed E-state index contributed by atoms with van der Waals surface area (Å²) in [5.41, 5.74) is -0.104. The number of benzene rings is 1. The number of hydrogen-bond donors (Lipinski definition) is 1. The minimum atomic E-state index is -0.733. The molecular weight excluding hydrogens is 237 g/mol. The predicted molar refractivity (Wildman–Crippen MR) is 67.9 cm³/mol. The Balaban J connectivity index is 2.67. The van der Waals surface area contributed by atoms with Crippen LogP contribution in [-0.2, 0) is 6.54 Å². The Morgan fingerprint density at radius 2 is 2.22 bits per heavy atom. The van der Waals surface area contributed by atoms with Crippen molar-refractivity contribution < 1.29 is 9.31 Å². The summed E-state index contributed by atoms with van der Waals surface area (Å²) in [4.78, 5) is 11.9. The van der Waals surface area contributed by atoms with E-state index in [0.717, 1.165) is 19.5 Å². The first-order valence-corrected chi connectivity index (χ1v) is 5.81. The van der Waals surface area contributed by atoms with Crippen LogP contribution in [0.4, 0.5) is 10.1 Å². The molecule has 1 rings (SSSR count). The lowest BCUT2D eigenvalue weighted by Crippen LogP contribution is -2.23. The van der Waals surface area contributed by atoms with Crippen LogP contribution < -0.4 is 5.32 Å². The highest BCUT2D eigenvalue weighted by molar-refractivity contribution is 5.36. The van der Waals surface area contributed by atoms with Gasteiger partial charge >= 0.3 is 5.69 Å². The van der Waals surface area contributed by atoms with E-state index in [1.54, 1.807) is 6.07 Å². The average molecular weight is 255 g/mol. The van der Waals surface area contributed by atoms with Crippen molar-refractivity contribution in [1.29, 1.82) is 0 Å². The van der Waals surface area contributed by atoms with Crippen LogP contribution in [0, 0.1) is 15.9 Å². The summed E-state index contributed by atoms with van der Waals surface area (Å²) in [6.07, 6.45) is 0.948. The highest BCUT2D eigenvalue weighted by Crippen LogP contribution is 2.20. The molecule has 0 aliphatic carbocycles. The zero-order chi connectivity index (χ0) is 13.5. The zero-order valence-corrected chi connectivity index (χ0v) is 10.6. The maximum atomic E-state index is 13.8. The van der Waals surface area contributed by atoms with E-state index < -0.39 is 16.4 Å². The quantitative estimate of drug-likeness (QED) is 0.458. The molecule has 0 spiro atoms. The van der Waals surface area contributed by atoms with Crippen LogP contribution in [0.1, 0.15) is 12.0 Å². The van der Waals surface area contributed by atoms with Crippen LogP contribution in [0.15, 0.2) is 18.2 Å². The second-order valence-electron chi connectivity index (χ2n) is 4.20. The lowest BCUT2D eigenvalue weighted by atomic mass is 10.1. The van der Waals surface area contributed by atoms with Gasteiger partial charge in [-0.25, -0.2) is 0 Å². The molecule has 6 heteroatoms. The van der Waals surface area contributed by atoms with Crippen LogP contribution in [0.25, 0.3) is 0 Å². The van der Waals surface area contributed by atoms with Gasteiger partial charge in [-0.3, -0.25) is 10.1 Å². The van der Waals surface area contributed by atoms with Crippen molar-refractivity contribution in [3.63, 3.8) is 0 Å². The van der Waals surface area contributed by atoms with Gasteiger partial charge in [-0.2, -0.15) is 4.39 Å². The van der Waals surface area contributed by atoms with Crippen molar-refractivity contribution in [2.75, 3.05) is 27.2 Å². The van der Waals surface area contributed by atoms with Crippen LogP contribution in [0.2, 0.25) is 0 Å². The van der Waals surface area contributed by atoms with Gasteiger partial charge in [0, 0.05) is 18.2 Å². The molecule has 0 aromatic heterocycles. The maximum absolute atomic E-state index is 13.8. The van der Waals surface area contributed by atoms with Gasteiger partial charge in [0.15, 0.2) is 0 Å². The standard InChI is InChI=1S/C12H18FN3O2/c1-14-7-4-8-15(2)9-10-5-3-6-11(12(10)13)16(17)18/h3,5-6,14H,4,7-9H2,1-2H3. The Bertz CT molecular complexity index is 412. The Morgan fingerprint density at radius 3 is 2.83 bits per heavy atom. The molecule has 0 aliphatic heterocycles. The molecule has 0 radical (unpaired) electrons. The lowest BCUT2D eigenvalue weighted by molar-refractivity contribution is -0.387. The summed E-state index contributed by atoms with van der Waals surface area (Å²) >= 11 is 0. The van der Waals surface area contributed by atoms with E-state index in [9.17, 15) is 14.5 Å². The van der Waals surface area contributed by atoms with E-state index in [0.29, 0.717) is 12.1 Å². The first kappa shape index (κ1) is 14.5. The summed E-state index contributed by atoms with van der Waals surface area (Å²) in [6.45, 7) is 2.07. The Labute approximate surface area is 106 Å². The number of nitrogens with one attached hydrogen (secondary N) is 1. The first-order valence-electron chi connectivity index (χ1n) is 5.81. The van der Waals surface area contributed by atoms with Crippen LogP contribution in [0.3, 0.4) is 0 Å². The van der Waals surface area contributed by atoms with Crippen LogP contribution >= 0.6 is 0 Å². The van der Waals surface area contributed by atoms with Gasteiger partial charge in [0.05, 0.1) is 4.92 Å². The minimum absolute atomic E-state index is 0.358. The molecule has 100 valence electrons. The minimum Gasteiger partial charge on any atom is -0.320 e. The SMILES string of the molecule is CNCCCN(C)Cc1cccc([N+](=O)[O-])c1F. The van der Waals surface area contributed by atoms with Crippen LogP contribution in [0.5, 0.6) is 0 Å². The van der Waals surface area contributed by atoms with Crippen LogP contribution in [-0.4, -0.2) is 37.0 Å².